The van der Waals surface area contributed by atoms with E-state index in [0.717, 1.165) is 9.26 Å². The van der Waals surface area contributed by atoms with Crippen molar-refractivity contribution in [3.8, 4) is 0 Å². The molecular formula is C9H4Cl3IN4. The van der Waals surface area contributed by atoms with Crippen molar-refractivity contribution in [3.05, 3.63) is 37.2 Å². The first-order valence-electron chi connectivity index (χ1n) is 4.34. The van der Waals surface area contributed by atoms with Crippen molar-refractivity contribution in [3.63, 3.8) is 0 Å². The smallest absolute Gasteiger partial charge is 0.245 e. The number of hydrogen-bond donors (Lipinski definition) is 1. The molecule has 1 aromatic heterocycles. The van der Waals surface area contributed by atoms with Crippen molar-refractivity contribution in [2.75, 3.05) is 5.32 Å². The fourth-order valence-corrected chi connectivity index (χ4v) is 2.35. The Balaban J connectivity index is 2.34. The topological polar surface area (TPSA) is 50.7 Å². The predicted octanol–water partition coefficient (Wildman–Crippen LogP) is 4.18. The number of aromatic nitrogens is 3. The fourth-order valence-electron chi connectivity index (χ4n) is 1.09. The Labute approximate surface area is 126 Å². The van der Waals surface area contributed by atoms with E-state index in [-0.39, 0.29) is 10.4 Å². The van der Waals surface area contributed by atoms with E-state index in [1.807, 2.05) is 12.1 Å². The molecule has 0 saturated carbocycles. The Bertz CT molecular complexity index is 564. The zero-order valence-corrected chi connectivity index (χ0v) is 12.5. The first-order chi connectivity index (χ1) is 8.06. The normalized spacial score (nSPS) is 10.4. The Morgan fingerprint density at radius 1 is 1.12 bits per heavy atom. The molecule has 17 heavy (non-hydrogen) atoms. The van der Waals surface area contributed by atoms with Crippen molar-refractivity contribution in [1.29, 1.82) is 0 Å². The zero-order valence-electron chi connectivity index (χ0n) is 8.09. The van der Waals surface area contributed by atoms with Crippen LogP contribution in [-0.4, -0.2) is 15.2 Å². The highest BCUT2D eigenvalue weighted by Gasteiger charge is 2.08. The molecule has 0 saturated heterocycles. The molecule has 0 aliphatic heterocycles. The van der Waals surface area contributed by atoms with Crippen LogP contribution in [0.15, 0.2) is 18.2 Å². The van der Waals surface area contributed by atoms with E-state index in [1.54, 1.807) is 6.07 Å². The van der Waals surface area contributed by atoms with Crippen LogP contribution in [0.5, 0.6) is 0 Å². The largest absolute Gasteiger partial charge is 0.337 e. The maximum atomic E-state index is 5.86. The van der Waals surface area contributed by atoms with E-state index >= 15 is 0 Å². The van der Waals surface area contributed by atoms with E-state index < -0.39 is 0 Å². The maximum absolute atomic E-state index is 5.86. The predicted molar refractivity (Wildman–Crippen MR) is 77.3 cm³/mol. The Hall–Kier alpha value is -0.370. The summed E-state index contributed by atoms with van der Waals surface area (Å²) in [5, 5.41) is 11.0. The first kappa shape index (κ1) is 13.1. The summed E-state index contributed by atoms with van der Waals surface area (Å²) in [4.78, 5) is 3.94. The van der Waals surface area contributed by atoms with Gasteiger partial charge in [-0.2, -0.15) is 4.98 Å². The molecule has 1 aromatic carbocycles. The van der Waals surface area contributed by atoms with Gasteiger partial charge >= 0.3 is 0 Å². The Morgan fingerprint density at radius 2 is 1.88 bits per heavy atom. The summed E-state index contributed by atoms with van der Waals surface area (Å²) in [6.07, 6.45) is 0. The molecule has 0 radical (unpaired) electrons. The SMILES string of the molecule is Clc1ccc(Nc2nc(Cl)nnc2Cl)c(I)c1. The minimum absolute atomic E-state index is 0.0286. The van der Waals surface area contributed by atoms with Gasteiger partial charge in [0, 0.05) is 8.59 Å². The van der Waals surface area contributed by atoms with Crippen LogP contribution in [0.2, 0.25) is 15.5 Å². The van der Waals surface area contributed by atoms with Gasteiger partial charge < -0.3 is 5.32 Å². The molecule has 2 rings (SSSR count). The number of benzene rings is 1. The van der Waals surface area contributed by atoms with Gasteiger partial charge in [0.2, 0.25) is 5.28 Å². The molecule has 0 aliphatic carbocycles. The second kappa shape index (κ2) is 5.51. The van der Waals surface area contributed by atoms with E-state index in [0.29, 0.717) is 10.8 Å². The highest BCUT2D eigenvalue weighted by molar-refractivity contribution is 14.1. The summed E-state index contributed by atoms with van der Waals surface area (Å²) < 4.78 is 0.931. The second-order valence-corrected chi connectivity index (χ2v) is 5.26. The molecule has 1 heterocycles. The molecule has 0 atom stereocenters. The summed E-state index contributed by atoms with van der Waals surface area (Å²) in [5.74, 6) is 0.354. The van der Waals surface area contributed by atoms with Crippen molar-refractivity contribution < 1.29 is 0 Å². The first-order valence-corrected chi connectivity index (χ1v) is 6.55. The average Bonchev–Trinajstić information content (AvgIpc) is 2.27. The number of anilines is 2. The van der Waals surface area contributed by atoms with E-state index in [9.17, 15) is 0 Å². The lowest BCUT2D eigenvalue weighted by Gasteiger charge is -2.08. The van der Waals surface area contributed by atoms with Crippen molar-refractivity contribution in [2.24, 2.45) is 0 Å². The van der Waals surface area contributed by atoms with Crippen LogP contribution in [0.3, 0.4) is 0 Å². The quantitative estimate of drug-likeness (QED) is 0.767. The van der Waals surface area contributed by atoms with Gasteiger partial charge in [0.1, 0.15) is 0 Å². The number of rotatable bonds is 2. The summed E-state index contributed by atoms with van der Waals surface area (Å²) in [7, 11) is 0. The molecule has 4 nitrogen and oxygen atoms in total. The summed E-state index contributed by atoms with van der Waals surface area (Å²) in [6, 6.07) is 5.39. The lowest BCUT2D eigenvalue weighted by atomic mass is 10.3. The molecule has 0 amide bonds. The van der Waals surface area contributed by atoms with Gasteiger partial charge in [0.25, 0.3) is 0 Å². The van der Waals surface area contributed by atoms with E-state index in [2.05, 4.69) is 43.1 Å². The van der Waals surface area contributed by atoms with Gasteiger partial charge in [-0.1, -0.05) is 23.2 Å². The molecule has 0 bridgehead atoms. The molecule has 0 fully saturated rings. The molecule has 88 valence electrons. The summed E-state index contributed by atoms with van der Waals surface area (Å²) >= 11 is 19.5. The number of halogens is 4. The van der Waals surface area contributed by atoms with E-state index in [4.69, 9.17) is 34.8 Å². The molecule has 2 aromatic rings. The monoisotopic (exact) mass is 400 g/mol. The highest BCUT2D eigenvalue weighted by Crippen LogP contribution is 2.27. The van der Waals surface area contributed by atoms with Crippen LogP contribution in [0.1, 0.15) is 0 Å². The molecular weight excluding hydrogens is 397 g/mol. The van der Waals surface area contributed by atoms with Crippen LogP contribution >= 0.6 is 57.4 Å². The number of hydrogen-bond acceptors (Lipinski definition) is 4. The molecule has 1 N–H and O–H groups in total. The van der Waals surface area contributed by atoms with Crippen LogP contribution in [-0.2, 0) is 0 Å². The maximum Gasteiger partial charge on any atom is 0.245 e. The van der Waals surface area contributed by atoms with Gasteiger partial charge in [-0.25, -0.2) is 0 Å². The summed E-state index contributed by atoms with van der Waals surface area (Å²) in [6.45, 7) is 0. The van der Waals surface area contributed by atoms with Crippen LogP contribution in [0, 0.1) is 3.57 Å². The zero-order chi connectivity index (χ0) is 12.4. The molecule has 8 heteroatoms. The van der Waals surface area contributed by atoms with Gasteiger partial charge in [0.05, 0.1) is 5.69 Å². The van der Waals surface area contributed by atoms with Gasteiger partial charge in [-0.05, 0) is 52.4 Å². The van der Waals surface area contributed by atoms with Crippen molar-refractivity contribution in [2.45, 2.75) is 0 Å². The van der Waals surface area contributed by atoms with Crippen molar-refractivity contribution >= 4 is 68.9 Å². The standard InChI is InChI=1S/C9H4Cl3IN4/c10-4-1-2-6(5(13)3-4)14-8-7(11)16-17-9(12)15-8/h1-3H,(H,14,15,17). The number of nitrogens with zero attached hydrogens (tertiary/aromatic N) is 3. The molecule has 0 aliphatic rings. The third-order valence-corrected chi connectivity index (χ3v) is 3.35. The van der Waals surface area contributed by atoms with Gasteiger partial charge in [-0.3, -0.25) is 0 Å². The third-order valence-electron chi connectivity index (χ3n) is 1.80. The minimum Gasteiger partial charge on any atom is -0.337 e. The van der Waals surface area contributed by atoms with Crippen LogP contribution in [0.4, 0.5) is 11.5 Å². The average molecular weight is 401 g/mol. The third kappa shape index (κ3) is 3.31. The van der Waals surface area contributed by atoms with Gasteiger partial charge in [-0.15, -0.1) is 10.2 Å². The highest BCUT2D eigenvalue weighted by atomic mass is 127. The number of nitrogens with one attached hydrogen (secondary N) is 1. The minimum atomic E-state index is 0.0286. The lowest BCUT2D eigenvalue weighted by molar-refractivity contribution is 0.974. The van der Waals surface area contributed by atoms with Gasteiger partial charge in [0.15, 0.2) is 11.0 Å². The molecule has 0 spiro atoms. The molecule has 0 unspecified atom stereocenters. The lowest BCUT2D eigenvalue weighted by Crippen LogP contribution is -2.00. The summed E-state index contributed by atoms with van der Waals surface area (Å²) in [5.41, 5.74) is 0.813. The van der Waals surface area contributed by atoms with E-state index in [1.165, 1.54) is 0 Å². The van der Waals surface area contributed by atoms with Crippen LogP contribution in [0.25, 0.3) is 0 Å². The van der Waals surface area contributed by atoms with Crippen LogP contribution < -0.4 is 5.32 Å². The second-order valence-electron chi connectivity index (χ2n) is 2.97. The Morgan fingerprint density at radius 3 is 2.59 bits per heavy atom. The Kier molecular flexibility index (Phi) is 4.24. The fraction of sp³-hybridized carbons (Fsp3) is 0. The van der Waals surface area contributed by atoms with Crippen molar-refractivity contribution in [1.82, 2.24) is 15.2 Å².